The van der Waals surface area contributed by atoms with Crippen molar-refractivity contribution in [1.29, 1.82) is 5.26 Å². The maximum atomic E-state index is 9.14. The highest BCUT2D eigenvalue weighted by Crippen LogP contribution is 2.39. The fourth-order valence-electron chi connectivity index (χ4n) is 4.52. The summed E-state index contributed by atoms with van der Waals surface area (Å²) in [5.74, 6) is 0. The molecule has 0 spiro atoms. The standard InChI is InChI=1S/C23H22N8OS/c1-13(2)27-19-7-20(21-4-3-15-5-14(8-24)9-26-31(15)21)25-10-18(19)22-28-29-23(33-22)30-11-17-6-16(30)12-32-17/h3-5,7,9-10,13,16-17H,6,11-12H2,1-2H3,(H,25,27)/t16-,17-/m1/s1. The Morgan fingerprint density at radius 1 is 1.24 bits per heavy atom. The van der Waals surface area contributed by atoms with Crippen LogP contribution >= 0.6 is 11.3 Å². The van der Waals surface area contributed by atoms with E-state index in [0.717, 1.165) is 57.9 Å². The molecule has 0 unspecified atom stereocenters. The Labute approximate surface area is 194 Å². The van der Waals surface area contributed by atoms with Crippen LogP contribution in [0.1, 0.15) is 25.8 Å². The van der Waals surface area contributed by atoms with Gasteiger partial charge in [-0.25, -0.2) is 4.52 Å². The van der Waals surface area contributed by atoms with Gasteiger partial charge in [-0.1, -0.05) is 11.3 Å². The van der Waals surface area contributed by atoms with E-state index in [0.29, 0.717) is 17.7 Å². The van der Waals surface area contributed by atoms with Gasteiger partial charge >= 0.3 is 0 Å². The van der Waals surface area contributed by atoms with Crippen molar-refractivity contribution in [2.45, 2.75) is 38.5 Å². The number of fused-ring (bicyclic) bond motifs is 3. The molecule has 166 valence electrons. The summed E-state index contributed by atoms with van der Waals surface area (Å²) in [6.45, 7) is 5.86. The minimum Gasteiger partial charge on any atom is -0.382 e. The Bertz CT molecular complexity index is 1390. The Morgan fingerprint density at radius 2 is 2.15 bits per heavy atom. The van der Waals surface area contributed by atoms with Crippen molar-refractivity contribution in [3.63, 3.8) is 0 Å². The van der Waals surface area contributed by atoms with Crippen LogP contribution in [0.5, 0.6) is 0 Å². The number of hydrogen-bond donors (Lipinski definition) is 1. The quantitative estimate of drug-likeness (QED) is 0.484. The fraction of sp³-hybridized carbons (Fsp3) is 0.348. The molecule has 4 aromatic rings. The molecule has 33 heavy (non-hydrogen) atoms. The predicted octanol–water partition coefficient (Wildman–Crippen LogP) is 3.58. The van der Waals surface area contributed by atoms with Crippen molar-refractivity contribution >= 4 is 27.7 Å². The van der Waals surface area contributed by atoms with Crippen molar-refractivity contribution in [2.75, 3.05) is 23.4 Å². The Kier molecular flexibility index (Phi) is 4.74. The number of nitrogens with one attached hydrogen (secondary N) is 1. The largest absolute Gasteiger partial charge is 0.382 e. The van der Waals surface area contributed by atoms with Gasteiger partial charge in [0.25, 0.3) is 0 Å². The van der Waals surface area contributed by atoms with Crippen LogP contribution in [-0.2, 0) is 4.74 Å². The summed E-state index contributed by atoms with van der Waals surface area (Å²) in [5.41, 5.74) is 4.91. The zero-order chi connectivity index (χ0) is 22.5. The number of nitriles is 1. The van der Waals surface area contributed by atoms with Gasteiger partial charge in [0.05, 0.1) is 53.0 Å². The summed E-state index contributed by atoms with van der Waals surface area (Å²) in [6.07, 6.45) is 4.81. The van der Waals surface area contributed by atoms with E-state index < -0.39 is 0 Å². The molecule has 6 rings (SSSR count). The molecule has 0 radical (unpaired) electrons. The Hall–Kier alpha value is -3.55. The van der Waals surface area contributed by atoms with Crippen molar-refractivity contribution < 1.29 is 4.74 Å². The molecule has 2 atom stereocenters. The highest BCUT2D eigenvalue weighted by Gasteiger charge is 2.40. The lowest BCUT2D eigenvalue weighted by Crippen LogP contribution is -2.36. The molecule has 2 aliphatic rings. The normalized spacial score (nSPS) is 19.5. The number of morpholine rings is 1. The van der Waals surface area contributed by atoms with Crippen LogP contribution < -0.4 is 10.2 Å². The summed E-state index contributed by atoms with van der Waals surface area (Å²) < 4.78 is 7.52. The van der Waals surface area contributed by atoms with Gasteiger partial charge in [0.15, 0.2) is 5.01 Å². The molecule has 2 bridgehead atoms. The summed E-state index contributed by atoms with van der Waals surface area (Å²) in [4.78, 5) is 7.06. The SMILES string of the molecule is CC(C)Nc1cc(-c2ccc3cc(C#N)cnn23)ncc1-c1nnc(N2C[C@H]3C[C@@H]2CO3)s1. The lowest BCUT2D eigenvalue weighted by atomic mass is 10.1. The first kappa shape index (κ1) is 20.1. The maximum absolute atomic E-state index is 9.14. The average molecular weight is 459 g/mol. The summed E-state index contributed by atoms with van der Waals surface area (Å²) in [7, 11) is 0. The molecule has 0 aromatic carbocycles. The second-order valence-corrected chi connectivity index (χ2v) is 9.67. The van der Waals surface area contributed by atoms with E-state index in [2.05, 4.69) is 45.4 Å². The number of ether oxygens (including phenoxy) is 1. The highest BCUT2D eigenvalue weighted by atomic mass is 32.1. The van der Waals surface area contributed by atoms with Crippen molar-refractivity contribution in [2.24, 2.45) is 0 Å². The first-order chi connectivity index (χ1) is 16.1. The van der Waals surface area contributed by atoms with Crippen molar-refractivity contribution in [3.05, 3.63) is 42.2 Å². The third-order valence-electron chi connectivity index (χ3n) is 6.03. The zero-order valence-corrected chi connectivity index (χ0v) is 19.1. The Morgan fingerprint density at radius 3 is 2.91 bits per heavy atom. The molecule has 1 N–H and O–H groups in total. The smallest absolute Gasteiger partial charge is 0.209 e. The van der Waals surface area contributed by atoms with Crippen LogP contribution in [0.3, 0.4) is 0 Å². The molecule has 9 nitrogen and oxygen atoms in total. The van der Waals surface area contributed by atoms with Gasteiger partial charge in [-0.05, 0) is 44.5 Å². The third-order valence-corrected chi connectivity index (χ3v) is 7.02. The molecule has 6 heterocycles. The predicted molar refractivity (Wildman–Crippen MR) is 126 cm³/mol. The van der Waals surface area contributed by atoms with Gasteiger partial charge in [0.1, 0.15) is 6.07 Å². The summed E-state index contributed by atoms with van der Waals surface area (Å²) in [5, 5.41) is 27.9. The van der Waals surface area contributed by atoms with E-state index in [1.165, 1.54) is 0 Å². The number of anilines is 2. The monoisotopic (exact) mass is 458 g/mol. The Balaban J connectivity index is 1.37. The number of hydrogen-bond acceptors (Lipinski definition) is 9. The van der Waals surface area contributed by atoms with Crippen LogP contribution in [0.4, 0.5) is 10.8 Å². The van der Waals surface area contributed by atoms with Crippen LogP contribution in [0.25, 0.3) is 27.5 Å². The first-order valence-corrected chi connectivity index (χ1v) is 11.8. The van der Waals surface area contributed by atoms with Crippen molar-refractivity contribution in [3.8, 4) is 28.0 Å². The van der Waals surface area contributed by atoms with E-state index in [-0.39, 0.29) is 6.04 Å². The van der Waals surface area contributed by atoms with Crippen LogP contribution in [-0.4, -0.2) is 56.1 Å². The first-order valence-electron chi connectivity index (χ1n) is 11.0. The van der Waals surface area contributed by atoms with Gasteiger partial charge in [-0.3, -0.25) is 4.98 Å². The van der Waals surface area contributed by atoms with Crippen LogP contribution in [0.2, 0.25) is 0 Å². The van der Waals surface area contributed by atoms with Gasteiger partial charge in [-0.2, -0.15) is 10.4 Å². The topological polar surface area (TPSA) is 104 Å². The maximum Gasteiger partial charge on any atom is 0.209 e. The van der Waals surface area contributed by atoms with Gasteiger partial charge in [0.2, 0.25) is 5.13 Å². The number of rotatable bonds is 5. The molecule has 0 saturated carbocycles. The van der Waals surface area contributed by atoms with Crippen molar-refractivity contribution in [1.82, 2.24) is 24.8 Å². The second kappa shape index (κ2) is 7.79. The molecule has 2 fully saturated rings. The lowest BCUT2D eigenvalue weighted by Gasteiger charge is -2.25. The van der Waals surface area contributed by atoms with Gasteiger partial charge in [0, 0.05) is 24.5 Å². The minimum atomic E-state index is 0.234. The molecular formula is C23H22N8OS. The molecule has 2 aliphatic heterocycles. The molecular weight excluding hydrogens is 436 g/mol. The number of nitrogens with zero attached hydrogens (tertiary/aromatic N) is 7. The molecule has 0 amide bonds. The molecule has 10 heteroatoms. The lowest BCUT2D eigenvalue weighted by molar-refractivity contribution is 0.0991. The van der Waals surface area contributed by atoms with E-state index >= 15 is 0 Å². The highest BCUT2D eigenvalue weighted by molar-refractivity contribution is 7.18. The average Bonchev–Trinajstić information content (AvgIpc) is 3.61. The molecule has 4 aromatic heterocycles. The summed E-state index contributed by atoms with van der Waals surface area (Å²) in [6, 6.07) is 10.5. The van der Waals surface area contributed by atoms with Gasteiger partial charge < -0.3 is 15.0 Å². The van der Waals surface area contributed by atoms with Gasteiger partial charge in [-0.15, -0.1) is 10.2 Å². The summed E-state index contributed by atoms with van der Waals surface area (Å²) >= 11 is 1.59. The van der Waals surface area contributed by atoms with Crippen LogP contribution in [0.15, 0.2) is 36.7 Å². The molecule has 2 saturated heterocycles. The van der Waals surface area contributed by atoms with E-state index in [4.69, 9.17) is 15.0 Å². The second-order valence-electron chi connectivity index (χ2n) is 8.71. The number of aromatic nitrogens is 5. The third kappa shape index (κ3) is 3.50. The van der Waals surface area contributed by atoms with Crippen LogP contribution in [0, 0.1) is 11.3 Å². The van der Waals surface area contributed by atoms with E-state index in [1.807, 2.05) is 30.5 Å². The van der Waals surface area contributed by atoms with E-state index in [1.54, 1.807) is 22.0 Å². The minimum absolute atomic E-state index is 0.234. The fourth-order valence-corrected chi connectivity index (χ4v) is 5.47. The molecule has 0 aliphatic carbocycles. The number of pyridine rings is 1. The zero-order valence-electron chi connectivity index (χ0n) is 18.3. The van der Waals surface area contributed by atoms with E-state index in [9.17, 15) is 0 Å².